The Morgan fingerprint density at radius 3 is 2.35 bits per heavy atom. The fourth-order valence-electron chi connectivity index (χ4n) is 2.78. The van der Waals surface area contributed by atoms with Gasteiger partial charge in [0, 0.05) is 21.7 Å². The second-order valence-electron chi connectivity index (χ2n) is 5.83. The third kappa shape index (κ3) is 4.08. The van der Waals surface area contributed by atoms with E-state index in [1.807, 2.05) is 6.92 Å². The van der Waals surface area contributed by atoms with Crippen molar-refractivity contribution in [3.63, 3.8) is 0 Å². The van der Waals surface area contributed by atoms with Crippen molar-refractivity contribution in [3.8, 4) is 5.75 Å². The lowest BCUT2D eigenvalue weighted by atomic mass is 10.1. The number of anilines is 1. The molecule has 7 heteroatoms. The van der Waals surface area contributed by atoms with Crippen LogP contribution < -0.4 is 9.64 Å². The van der Waals surface area contributed by atoms with Gasteiger partial charge in [0.2, 0.25) is 0 Å². The third-order valence-electron chi connectivity index (χ3n) is 3.98. The molecule has 0 spiro atoms. The Bertz CT molecular complexity index is 921. The molecular formula is C19H18ClNO4S. The van der Waals surface area contributed by atoms with Crippen molar-refractivity contribution in [2.24, 2.45) is 0 Å². The molecule has 1 atom stereocenters. The van der Waals surface area contributed by atoms with Crippen LogP contribution in [0.4, 0.5) is 5.69 Å². The highest BCUT2D eigenvalue weighted by molar-refractivity contribution is 7.94. The number of halogens is 1. The van der Waals surface area contributed by atoms with Crippen molar-refractivity contribution in [2.75, 3.05) is 17.3 Å². The van der Waals surface area contributed by atoms with E-state index < -0.39 is 15.9 Å². The van der Waals surface area contributed by atoms with E-state index in [4.69, 9.17) is 16.3 Å². The number of carbonyl (C=O) groups is 1. The number of hydrogen-bond acceptors (Lipinski definition) is 4. The molecule has 0 fully saturated rings. The quantitative estimate of drug-likeness (QED) is 0.779. The molecule has 26 heavy (non-hydrogen) atoms. The van der Waals surface area contributed by atoms with Crippen LogP contribution in [-0.2, 0) is 9.84 Å². The molecular weight excluding hydrogens is 374 g/mol. The lowest BCUT2D eigenvalue weighted by Crippen LogP contribution is -2.41. The number of carbonyl (C=O) groups excluding carboxylic acids is 1. The highest BCUT2D eigenvalue weighted by Crippen LogP contribution is 2.27. The van der Waals surface area contributed by atoms with Crippen LogP contribution in [0.25, 0.3) is 0 Å². The fourth-order valence-corrected chi connectivity index (χ4v) is 4.17. The molecule has 0 aliphatic carbocycles. The zero-order valence-electron chi connectivity index (χ0n) is 14.1. The summed E-state index contributed by atoms with van der Waals surface area (Å²) in [6, 6.07) is 13.0. The van der Waals surface area contributed by atoms with Gasteiger partial charge in [-0.2, -0.15) is 0 Å². The number of amides is 1. The number of nitrogens with zero attached hydrogens (tertiary/aromatic N) is 1. The van der Waals surface area contributed by atoms with Gasteiger partial charge in [0.1, 0.15) is 5.75 Å². The van der Waals surface area contributed by atoms with Crippen LogP contribution in [0.1, 0.15) is 17.3 Å². The molecule has 0 radical (unpaired) electrons. The summed E-state index contributed by atoms with van der Waals surface area (Å²) in [6.07, 6.45) is 1.54. The second kappa shape index (κ2) is 7.51. The van der Waals surface area contributed by atoms with Crippen molar-refractivity contribution < 1.29 is 17.9 Å². The maximum absolute atomic E-state index is 13.1. The predicted molar refractivity (Wildman–Crippen MR) is 103 cm³/mol. The molecule has 1 heterocycles. The van der Waals surface area contributed by atoms with Crippen LogP contribution in [0.15, 0.2) is 60.0 Å². The van der Waals surface area contributed by atoms with E-state index in [1.165, 1.54) is 11.0 Å². The molecule has 1 unspecified atom stereocenters. The van der Waals surface area contributed by atoms with E-state index in [0.29, 0.717) is 28.6 Å². The number of ether oxygens (including phenoxy) is 1. The second-order valence-corrected chi connectivity index (χ2v) is 8.20. The minimum Gasteiger partial charge on any atom is -0.494 e. The summed E-state index contributed by atoms with van der Waals surface area (Å²) in [7, 11) is -3.31. The molecule has 3 rings (SSSR count). The first-order chi connectivity index (χ1) is 12.4. The highest BCUT2D eigenvalue weighted by atomic mass is 35.5. The van der Waals surface area contributed by atoms with Crippen molar-refractivity contribution in [1.82, 2.24) is 0 Å². The first-order valence-corrected chi connectivity index (χ1v) is 10.2. The molecule has 0 saturated heterocycles. The zero-order valence-corrected chi connectivity index (χ0v) is 15.7. The summed E-state index contributed by atoms with van der Waals surface area (Å²) in [5.41, 5.74) is 1.03. The Balaban J connectivity index is 1.95. The largest absolute Gasteiger partial charge is 0.494 e. The average Bonchev–Trinajstić information content (AvgIpc) is 2.97. The van der Waals surface area contributed by atoms with Crippen molar-refractivity contribution in [3.05, 3.63) is 70.6 Å². The fraction of sp³-hybridized carbons (Fsp3) is 0.211. The number of benzene rings is 2. The van der Waals surface area contributed by atoms with Crippen LogP contribution in [-0.4, -0.2) is 32.7 Å². The lowest BCUT2D eigenvalue weighted by Gasteiger charge is -2.28. The highest BCUT2D eigenvalue weighted by Gasteiger charge is 2.32. The average molecular weight is 392 g/mol. The Morgan fingerprint density at radius 2 is 1.81 bits per heavy atom. The maximum Gasteiger partial charge on any atom is 0.258 e. The van der Waals surface area contributed by atoms with Gasteiger partial charge in [-0.1, -0.05) is 11.6 Å². The molecule has 0 N–H and O–H groups in total. The molecule has 0 bridgehead atoms. The monoisotopic (exact) mass is 391 g/mol. The van der Waals surface area contributed by atoms with E-state index in [0.717, 1.165) is 5.41 Å². The van der Waals surface area contributed by atoms with Gasteiger partial charge in [0.15, 0.2) is 9.84 Å². The molecule has 0 aromatic heterocycles. The smallest absolute Gasteiger partial charge is 0.258 e. The van der Waals surface area contributed by atoms with Crippen molar-refractivity contribution in [2.45, 2.75) is 13.0 Å². The van der Waals surface area contributed by atoms with E-state index in [1.54, 1.807) is 48.5 Å². The van der Waals surface area contributed by atoms with Gasteiger partial charge < -0.3 is 9.64 Å². The molecule has 136 valence electrons. The van der Waals surface area contributed by atoms with E-state index >= 15 is 0 Å². The van der Waals surface area contributed by atoms with Crippen molar-refractivity contribution in [1.29, 1.82) is 0 Å². The third-order valence-corrected chi connectivity index (χ3v) is 5.61. The molecule has 1 amide bonds. The zero-order chi connectivity index (χ0) is 18.7. The van der Waals surface area contributed by atoms with Crippen LogP contribution in [0.5, 0.6) is 5.75 Å². The Kier molecular flexibility index (Phi) is 5.34. The molecule has 0 saturated carbocycles. The molecule has 1 aliphatic heterocycles. The minimum absolute atomic E-state index is 0.140. The molecule has 2 aromatic carbocycles. The summed E-state index contributed by atoms with van der Waals surface area (Å²) in [6.45, 7) is 2.42. The first kappa shape index (κ1) is 18.5. The molecule has 1 aliphatic rings. The van der Waals surface area contributed by atoms with Gasteiger partial charge in [0.05, 0.1) is 18.4 Å². The van der Waals surface area contributed by atoms with E-state index in [9.17, 15) is 13.2 Å². The predicted octanol–water partition coefficient (Wildman–Crippen LogP) is 3.70. The van der Waals surface area contributed by atoms with Gasteiger partial charge >= 0.3 is 0 Å². The summed E-state index contributed by atoms with van der Waals surface area (Å²) in [5.74, 6) is 0.242. The van der Waals surface area contributed by atoms with Gasteiger partial charge in [-0.25, -0.2) is 8.42 Å². The number of rotatable bonds is 5. The summed E-state index contributed by atoms with van der Waals surface area (Å²) < 4.78 is 29.1. The van der Waals surface area contributed by atoms with Crippen LogP contribution in [0.3, 0.4) is 0 Å². The molecule has 2 aromatic rings. The van der Waals surface area contributed by atoms with Crippen LogP contribution in [0, 0.1) is 0 Å². The summed E-state index contributed by atoms with van der Waals surface area (Å²) in [5, 5.41) is 1.70. The minimum atomic E-state index is -3.31. The summed E-state index contributed by atoms with van der Waals surface area (Å²) in [4.78, 5) is 14.6. The van der Waals surface area contributed by atoms with Crippen LogP contribution >= 0.6 is 11.6 Å². The Morgan fingerprint density at radius 1 is 1.15 bits per heavy atom. The number of hydrogen-bond donors (Lipinski definition) is 0. The van der Waals surface area contributed by atoms with E-state index in [2.05, 4.69) is 0 Å². The number of sulfone groups is 1. The van der Waals surface area contributed by atoms with Gasteiger partial charge in [-0.05, 0) is 61.5 Å². The van der Waals surface area contributed by atoms with Gasteiger partial charge in [0.25, 0.3) is 5.91 Å². The summed E-state index contributed by atoms with van der Waals surface area (Å²) >= 11 is 5.94. The van der Waals surface area contributed by atoms with Gasteiger partial charge in [-0.3, -0.25) is 4.79 Å². The lowest BCUT2D eigenvalue weighted by molar-refractivity contribution is 0.0983. The Labute approximate surface area is 157 Å². The van der Waals surface area contributed by atoms with Crippen molar-refractivity contribution >= 4 is 33.0 Å². The maximum atomic E-state index is 13.1. The molecule has 5 nitrogen and oxygen atoms in total. The SMILES string of the molecule is CCOc1ccc(C(=O)N(c2ccc(Cl)cc2)C2C=CS(=O)(=O)C2)cc1. The topological polar surface area (TPSA) is 63.7 Å². The standard InChI is InChI=1S/C19H18ClNO4S/c1-2-25-18-9-3-14(4-10-18)19(22)21(16-7-5-15(20)6-8-16)17-11-12-26(23,24)13-17/h3-12,17H,2,13H2,1H3. The van der Waals surface area contributed by atoms with Gasteiger partial charge in [-0.15, -0.1) is 0 Å². The van der Waals surface area contributed by atoms with E-state index in [-0.39, 0.29) is 11.7 Å². The first-order valence-electron chi connectivity index (χ1n) is 8.12. The van der Waals surface area contributed by atoms with Crippen LogP contribution in [0.2, 0.25) is 5.02 Å². The Hall–Kier alpha value is -2.31. The normalized spacial score (nSPS) is 17.8.